The third kappa shape index (κ3) is 6.77. The smallest absolute Gasteiger partial charge is 0.236 e. The van der Waals surface area contributed by atoms with Gasteiger partial charge in [-0.25, -0.2) is 4.39 Å². The topological polar surface area (TPSA) is 43.9 Å². The number of Topliss-reactive ketones (excluding diaryl/α,β-unsaturated/α-hetero) is 1. The van der Waals surface area contributed by atoms with E-state index in [-0.39, 0.29) is 11.7 Å². The molecule has 1 aromatic heterocycles. The minimum absolute atomic E-state index is 0.110. The van der Waals surface area contributed by atoms with Gasteiger partial charge in [0, 0.05) is 54.6 Å². The van der Waals surface area contributed by atoms with E-state index in [1.165, 1.54) is 28.3 Å². The van der Waals surface area contributed by atoms with Gasteiger partial charge in [0.25, 0.3) is 0 Å². The number of carbonyl (C=O) groups is 2. The minimum atomic E-state index is -0.393. The van der Waals surface area contributed by atoms with Crippen molar-refractivity contribution in [2.45, 2.75) is 26.8 Å². The number of aryl methyl sites for hydroxylation is 1. The van der Waals surface area contributed by atoms with E-state index >= 15 is 0 Å². The van der Waals surface area contributed by atoms with Gasteiger partial charge in [-0.1, -0.05) is 30.3 Å². The fourth-order valence-corrected chi connectivity index (χ4v) is 5.34. The summed E-state index contributed by atoms with van der Waals surface area (Å²) in [4.78, 5) is 33.3. The molecule has 0 N–H and O–H groups in total. The summed E-state index contributed by atoms with van der Waals surface area (Å²) >= 11 is 1.77. The van der Waals surface area contributed by atoms with Crippen molar-refractivity contribution in [2.24, 2.45) is 0 Å². The molecule has 184 valence electrons. The average Bonchev–Trinajstić information content (AvgIpc) is 3.27. The number of nitrogens with zero attached hydrogens (tertiary/aromatic N) is 3. The molecule has 1 fully saturated rings. The van der Waals surface area contributed by atoms with Crippen LogP contribution in [0.4, 0.5) is 10.1 Å². The molecule has 3 aromatic rings. The molecule has 0 bridgehead atoms. The third-order valence-electron chi connectivity index (χ3n) is 6.42. The van der Waals surface area contributed by atoms with Crippen LogP contribution in [0, 0.1) is 12.7 Å². The third-order valence-corrected chi connectivity index (χ3v) is 7.41. The molecule has 1 saturated heterocycles. The van der Waals surface area contributed by atoms with Gasteiger partial charge in [-0.2, -0.15) is 0 Å². The highest BCUT2D eigenvalue weighted by Gasteiger charge is 2.24. The summed E-state index contributed by atoms with van der Waals surface area (Å²) in [5, 5.41) is 0. The van der Waals surface area contributed by atoms with E-state index in [0.29, 0.717) is 44.0 Å². The molecule has 7 heteroatoms. The van der Waals surface area contributed by atoms with Crippen molar-refractivity contribution >= 4 is 28.7 Å². The Balaban J connectivity index is 1.35. The molecule has 35 heavy (non-hydrogen) atoms. The van der Waals surface area contributed by atoms with E-state index in [0.717, 1.165) is 19.5 Å². The fraction of sp³-hybridized carbons (Fsp3) is 0.357. The zero-order valence-corrected chi connectivity index (χ0v) is 21.2. The summed E-state index contributed by atoms with van der Waals surface area (Å²) in [5.41, 5.74) is 2.12. The molecular formula is C28H32FN3O2S. The number of ketones is 1. The fourth-order valence-electron chi connectivity index (χ4n) is 4.41. The van der Waals surface area contributed by atoms with Crippen LogP contribution in [-0.2, 0) is 17.8 Å². The first-order chi connectivity index (χ1) is 16.9. The molecule has 1 aliphatic rings. The number of hydrogen-bond donors (Lipinski definition) is 0. The van der Waals surface area contributed by atoms with Crippen molar-refractivity contribution < 1.29 is 14.0 Å². The van der Waals surface area contributed by atoms with E-state index in [1.54, 1.807) is 23.5 Å². The molecule has 2 heterocycles. The molecule has 0 unspecified atom stereocenters. The van der Waals surface area contributed by atoms with Gasteiger partial charge in [-0.15, -0.1) is 11.3 Å². The van der Waals surface area contributed by atoms with Gasteiger partial charge in [-0.05, 0) is 56.2 Å². The van der Waals surface area contributed by atoms with Crippen molar-refractivity contribution in [1.29, 1.82) is 0 Å². The number of anilines is 1. The lowest BCUT2D eigenvalue weighted by Crippen LogP contribution is -2.51. The quantitative estimate of drug-likeness (QED) is 0.402. The van der Waals surface area contributed by atoms with Gasteiger partial charge < -0.3 is 9.80 Å². The standard InChI is InChI=1S/C28H32FN3O2S/c1-21-8-10-25(35-21)19-30(13-12-23-6-4-3-5-7-23)20-28(34)32-16-14-31(15-17-32)27-11-9-24(22(2)33)18-26(27)29/h3-11,18H,12-17,19-20H2,1-2H3. The second-order valence-electron chi connectivity index (χ2n) is 9.05. The maximum atomic E-state index is 14.6. The van der Waals surface area contributed by atoms with Gasteiger partial charge in [0.15, 0.2) is 5.78 Å². The van der Waals surface area contributed by atoms with Gasteiger partial charge in [-0.3, -0.25) is 14.5 Å². The summed E-state index contributed by atoms with van der Waals surface area (Å²) < 4.78 is 14.6. The van der Waals surface area contributed by atoms with Gasteiger partial charge in [0.2, 0.25) is 5.91 Å². The van der Waals surface area contributed by atoms with Crippen LogP contribution in [0.25, 0.3) is 0 Å². The summed E-state index contributed by atoms with van der Waals surface area (Å²) in [5.74, 6) is -0.436. The van der Waals surface area contributed by atoms with Crippen LogP contribution in [0.2, 0.25) is 0 Å². The highest BCUT2D eigenvalue weighted by Crippen LogP contribution is 2.23. The predicted octanol–water partition coefficient (Wildman–Crippen LogP) is 4.79. The molecule has 0 atom stereocenters. The molecule has 5 nitrogen and oxygen atoms in total. The second-order valence-corrected chi connectivity index (χ2v) is 10.4. The Morgan fingerprint density at radius 1 is 1.00 bits per heavy atom. The first-order valence-electron chi connectivity index (χ1n) is 12.0. The van der Waals surface area contributed by atoms with Crippen LogP contribution in [-0.4, -0.2) is 60.8 Å². The summed E-state index contributed by atoms with van der Waals surface area (Å²) in [7, 11) is 0. The van der Waals surface area contributed by atoms with E-state index in [2.05, 4.69) is 36.1 Å². The number of carbonyl (C=O) groups excluding carboxylic acids is 2. The first kappa shape index (κ1) is 25.1. The molecule has 0 spiro atoms. The summed E-state index contributed by atoms with van der Waals surface area (Å²) in [6.45, 7) is 7.70. The molecule has 0 radical (unpaired) electrons. The van der Waals surface area contributed by atoms with E-state index < -0.39 is 5.82 Å². The maximum absolute atomic E-state index is 14.6. The second kappa shape index (κ2) is 11.6. The van der Waals surface area contributed by atoms with Crippen molar-refractivity contribution in [3.05, 3.63) is 87.4 Å². The Bertz CT molecular complexity index is 1160. The lowest BCUT2D eigenvalue weighted by Gasteiger charge is -2.37. The Morgan fingerprint density at radius 3 is 2.37 bits per heavy atom. The number of benzene rings is 2. The Labute approximate surface area is 210 Å². The molecule has 0 aliphatic carbocycles. The lowest BCUT2D eigenvalue weighted by molar-refractivity contribution is -0.132. The molecule has 1 aliphatic heterocycles. The largest absolute Gasteiger partial charge is 0.366 e. The molecule has 0 saturated carbocycles. The van der Waals surface area contributed by atoms with Crippen molar-refractivity contribution in [3.8, 4) is 0 Å². The van der Waals surface area contributed by atoms with Gasteiger partial charge in [0.1, 0.15) is 5.82 Å². The van der Waals surface area contributed by atoms with E-state index in [9.17, 15) is 14.0 Å². The number of rotatable bonds is 9. The molecule has 2 aromatic carbocycles. The van der Waals surface area contributed by atoms with Crippen LogP contribution >= 0.6 is 11.3 Å². The van der Waals surface area contributed by atoms with Crippen LogP contribution in [0.15, 0.2) is 60.7 Å². The zero-order valence-electron chi connectivity index (χ0n) is 20.4. The number of thiophene rings is 1. The average molecular weight is 494 g/mol. The normalized spacial score (nSPS) is 13.9. The van der Waals surface area contributed by atoms with Crippen LogP contribution in [0.3, 0.4) is 0 Å². The maximum Gasteiger partial charge on any atom is 0.236 e. The lowest BCUT2D eigenvalue weighted by atomic mass is 10.1. The Morgan fingerprint density at radius 2 is 1.74 bits per heavy atom. The van der Waals surface area contributed by atoms with E-state index in [1.807, 2.05) is 28.0 Å². The molecule has 1 amide bonds. The first-order valence-corrected chi connectivity index (χ1v) is 12.9. The molecule has 4 rings (SSSR count). The number of piperazine rings is 1. The van der Waals surface area contributed by atoms with Crippen molar-refractivity contribution in [3.63, 3.8) is 0 Å². The van der Waals surface area contributed by atoms with Crippen molar-refractivity contribution in [1.82, 2.24) is 9.80 Å². The number of hydrogen-bond acceptors (Lipinski definition) is 5. The Kier molecular flexibility index (Phi) is 8.31. The van der Waals surface area contributed by atoms with E-state index in [4.69, 9.17) is 0 Å². The molecular weight excluding hydrogens is 461 g/mol. The van der Waals surface area contributed by atoms with Gasteiger partial charge in [0.05, 0.1) is 12.2 Å². The van der Waals surface area contributed by atoms with Gasteiger partial charge >= 0.3 is 0 Å². The highest BCUT2D eigenvalue weighted by atomic mass is 32.1. The summed E-state index contributed by atoms with van der Waals surface area (Å²) in [6.07, 6.45) is 0.891. The zero-order chi connectivity index (χ0) is 24.8. The number of amides is 1. The highest BCUT2D eigenvalue weighted by molar-refractivity contribution is 7.11. The van der Waals surface area contributed by atoms with Crippen LogP contribution < -0.4 is 4.90 Å². The van der Waals surface area contributed by atoms with Crippen LogP contribution in [0.1, 0.15) is 32.6 Å². The SMILES string of the molecule is CC(=O)c1ccc(N2CCN(C(=O)CN(CCc3ccccc3)Cc3ccc(C)s3)CC2)c(F)c1. The minimum Gasteiger partial charge on any atom is -0.366 e. The number of halogens is 1. The monoisotopic (exact) mass is 493 g/mol. The predicted molar refractivity (Wildman–Crippen MR) is 140 cm³/mol. The van der Waals surface area contributed by atoms with Crippen LogP contribution in [0.5, 0.6) is 0 Å². The summed E-state index contributed by atoms with van der Waals surface area (Å²) in [6, 6.07) is 19.2. The Hall–Kier alpha value is -3.03. The van der Waals surface area contributed by atoms with Crippen molar-refractivity contribution in [2.75, 3.05) is 44.2 Å².